The van der Waals surface area contributed by atoms with Gasteiger partial charge in [-0.25, -0.2) is 4.39 Å². The molecule has 0 saturated heterocycles. The van der Waals surface area contributed by atoms with Crippen molar-refractivity contribution in [2.45, 2.75) is 6.92 Å². The third-order valence-corrected chi connectivity index (χ3v) is 3.09. The Morgan fingerprint density at radius 2 is 1.95 bits per heavy atom. The fourth-order valence-corrected chi connectivity index (χ4v) is 1.94. The highest BCUT2D eigenvalue weighted by Gasteiger charge is 2.16. The van der Waals surface area contributed by atoms with E-state index in [1.54, 1.807) is 31.2 Å². The van der Waals surface area contributed by atoms with Crippen molar-refractivity contribution in [1.29, 1.82) is 0 Å². The third kappa shape index (κ3) is 2.31. The molecule has 5 nitrogen and oxygen atoms in total. The summed E-state index contributed by atoms with van der Waals surface area (Å²) in [6, 6.07) is 8.91. The van der Waals surface area contributed by atoms with Gasteiger partial charge in [0.05, 0.1) is 5.56 Å². The first kappa shape index (κ1) is 13.1. The van der Waals surface area contributed by atoms with Gasteiger partial charge in [0.2, 0.25) is 5.82 Å². The molecule has 106 valence electrons. The van der Waals surface area contributed by atoms with Gasteiger partial charge in [-0.3, -0.25) is 0 Å². The standard InChI is InChI=1S/C15H11FN2O3/c1-8-7-9(5-6-11(8)16)14-17-15(21-18-14)10-3-2-4-12(19)13(10)20/h2-7,19-20H,1H3. The van der Waals surface area contributed by atoms with E-state index >= 15 is 0 Å². The molecule has 0 atom stereocenters. The lowest BCUT2D eigenvalue weighted by Gasteiger charge is -2.00. The monoisotopic (exact) mass is 286 g/mol. The Hall–Kier alpha value is -2.89. The number of nitrogens with zero attached hydrogens (tertiary/aromatic N) is 2. The molecule has 0 aliphatic rings. The fourth-order valence-electron chi connectivity index (χ4n) is 1.94. The van der Waals surface area contributed by atoms with Crippen LogP contribution in [-0.2, 0) is 0 Å². The maximum absolute atomic E-state index is 13.3. The Balaban J connectivity index is 2.03. The van der Waals surface area contributed by atoms with E-state index in [0.29, 0.717) is 11.1 Å². The summed E-state index contributed by atoms with van der Waals surface area (Å²) in [6.45, 7) is 1.64. The minimum atomic E-state index is -0.331. The number of hydrogen-bond donors (Lipinski definition) is 2. The number of aryl methyl sites for hydroxylation is 1. The van der Waals surface area contributed by atoms with Crippen molar-refractivity contribution in [2.24, 2.45) is 0 Å². The van der Waals surface area contributed by atoms with Gasteiger partial charge in [0.15, 0.2) is 11.5 Å². The van der Waals surface area contributed by atoms with Gasteiger partial charge in [0, 0.05) is 5.56 Å². The molecule has 0 radical (unpaired) electrons. The number of phenolic OH excluding ortho intramolecular Hbond substituents is 2. The predicted octanol–water partition coefficient (Wildman–Crippen LogP) is 3.26. The molecule has 0 bridgehead atoms. The second kappa shape index (κ2) is 4.90. The van der Waals surface area contributed by atoms with Crippen LogP contribution in [0.1, 0.15) is 5.56 Å². The molecule has 0 saturated carbocycles. The topological polar surface area (TPSA) is 79.4 Å². The number of halogens is 1. The molecule has 21 heavy (non-hydrogen) atoms. The van der Waals surface area contributed by atoms with Gasteiger partial charge in [0.25, 0.3) is 5.89 Å². The second-order valence-corrected chi connectivity index (χ2v) is 4.56. The van der Waals surface area contributed by atoms with Gasteiger partial charge in [-0.2, -0.15) is 4.98 Å². The van der Waals surface area contributed by atoms with E-state index in [1.807, 2.05) is 0 Å². The molecule has 3 rings (SSSR count). The Kier molecular flexibility index (Phi) is 3.06. The summed E-state index contributed by atoms with van der Waals surface area (Å²) in [4.78, 5) is 4.15. The second-order valence-electron chi connectivity index (χ2n) is 4.56. The van der Waals surface area contributed by atoms with Crippen molar-refractivity contribution < 1.29 is 19.1 Å². The molecule has 0 amide bonds. The lowest BCUT2D eigenvalue weighted by molar-refractivity contribution is 0.397. The lowest BCUT2D eigenvalue weighted by Crippen LogP contribution is -1.86. The highest BCUT2D eigenvalue weighted by molar-refractivity contribution is 5.68. The summed E-state index contributed by atoms with van der Waals surface area (Å²) >= 11 is 0. The normalized spacial score (nSPS) is 10.8. The summed E-state index contributed by atoms with van der Waals surface area (Å²) < 4.78 is 18.3. The van der Waals surface area contributed by atoms with E-state index in [4.69, 9.17) is 4.52 Å². The highest BCUT2D eigenvalue weighted by atomic mass is 19.1. The average molecular weight is 286 g/mol. The van der Waals surface area contributed by atoms with Gasteiger partial charge in [-0.05, 0) is 42.8 Å². The lowest BCUT2D eigenvalue weighted by atomic mass is 10.1. The van der Waals surface area contributed by atoms with Gasteiger partial charge in [-0.1, -0.05) is 11.2 Å². The van der Waals surface area contributed by atoms with Crippen molar-refractivity contribution in [1.82, 2.24) is 10.1 Å². The summed E-state index contributed by atoms with van der Waals surface area (Å²) in [5.74, 6) is -0.572. The zero-order valence-electron chi connectivity index (χ0n) is 11.0. The minimum Gasteiger partial charge on any atom is -0.504 e. The van der Waals surface area contributed by atoms with Crippen LogP contribution in [0.2, 0.25) is 0 Å². The van der Waals surface area contributed by atoms with Crippen LogP contribution in [0, 0.1) is 12.7 Å². The zero-order chi connectivity index (χ0) is 15.0. The van der Waals surface area contributed by atoms with Crippen molar-refractivity contribution in [3.05, 3.63) is 47.8 Å². The molecule has 6 heteroatoms. The predicted molar refractivity (Wildman–Crippen MR) is 73.2 cm³/mol. The zero-order valence-corrected chi connectivity index (χ0v) is 11.0. The molecule has 0 fully saturated rings. The van der Waals surface area contributed by atoms with E-state index in [0.717, 1.165) is 0 Å². The molecule has 3 aromatic rings. The quantitative estimate of drug-likeness (QED) is 0.707. The first-order chi connectivity index (χ1) is 10.1. The Labute approximate surface area is 119 Å². The van der Waals surface area contributed by atoms with Crippen LogP contribution in [0.4, 0.5) is 4.39 Å². The molecule has 0 unspecified atom stereocenters. The molecular weight excluding hydrogens is 275 g/mol. The van der Waals surface area contributed by atoms with Gasteiger partial charge in [0.1, 0.15) is 5.82 Å². The van der Waals surface area contributed by atoms with Gasteiger partial charge < -0.3 is 14.7 Å². The largest absolute Gasteiger partial charge is 0.504 e. The summed E-state index contributed by atoms with van der Waals surface area (Å²) in [6.07, 6.45) is 0. The first-order valence-corrected chi connectivity index (χ1v) is 6.18. The molecule has 0 spiro atoms. The van der Waals surface area contributed by atoms with Crippen LogP contribution in [0.5, 0.6) is 11.5 Å². The maximum atomic E-state index is 13.3. The Morgan fingerprint density at radius 3 is 2.71 bits per heavy atom. The summed E-state index contributed by atoms with van der Waals surface area (Å²) in [5, 5.41) is 23.1. The smallest absolute Gasteiger partial charge is 0.262 e. The van der Waals surface area contributed by atoms with Gasteiger partial charge >= 0.3 is 0 Å². The Bertz CT molecular complexity index is 814. The van der Waals surface area contributed by atoms with Crippen LogP contribution in [0.25, 0.3) is 22.8 Å². The fraction of sp³-hybridized carbons (Fsp3) is 0.0667. The van der Waals surface area contributed by atoms with Crippen LogP contribution < -0.4 is 0 Å². The SMILES string of the molecule is Cc1cc(-c2noc(-c3cccc(O)c3O)n2)ccc1F. The van der Waals surface area contributed by atoms with Crippen molar-refractivity contribution >= 4 is 0 Å². The number of benzene rings is 2. The minimum absolute atomic E-state index is 0.0698. The van der Waals surface area contributed by atoms with E-state index in [-0.39, 0.29) is 34.6 Å². The van der Waals surface area contributed by atoms with Gasteiger partial charge in [-0.15, -0.1) is 0 Å². The summed E-state index contributed by atoms with van der Waals surface area (Å²) in [7, 11) is 0. The number of aromatic nitrogens is 2. The van der Waals surface area contributed by atoms with Crippen LogP contribution >= 0.6 is 0 Å². The third-order valence-electron chi connectivity index (χ3n) is 3.09. The number of para-hydroxylation sites is 1. The van der Waals surface area contributed by atoms with Crippen molar-refractivity contribution in [3.8, 4) is 34.3 Å². The Morgan fingerprint density at radius 1 is 1.14 bits per heavy atom. The van der Waals surface area contributed by atoms with E-state index in [2.05, 4.69) is 10.1 Å². The van der Waals surface area contributed by atoms with Crippen molar-refractivity contribution in [3.63, 3.8) is 0 Å². The molecule has 1 aromatic heterocycles. The van der Waals surface area contributed by atoms with E-state index in [1.165, 1.54) is 12.1 Å². The van der Waals surface area contributed by atoms with Crippen molar-refractivity contribution in [2.75, 3.05) is 0 Å². The molecular formula is C15H11FN2O3. The molecule has 1 heterocycles. The maximum Gasteiger partial charge on any atom is 0.262 e. The number of phenols is 2. The highest BCUT2D eigenvalue weighted by Crippen LogP contribution is 2.35. The summed E-state index contributed by atoms with van der Waals surface area (Å²) in [5.41, 5.74) is 1.30. The molecule has 0 aliphatic heterocycles. The van der Waals surface area contributed by atoms with Crippen LogP contribution in [0.3, 0.4) is 0 Å². The molecule has 2 N–H and O–H groups in total. The number of rotatable bonds is 2. The number of aromatic hydroxyl groups is 2. The number of hydrogen-bond acceptors (Lipinski definition) is 5. The van der Waals surface area contributed by atoms with Crippen LogP contribution in [0.15, 0.2) is 40.9 Å². The van der Waals surface area contributed by atoms with E-state index < -0.39 is 0 Å². The molecule has 2 aromatic carbocycles. The van der Waals surface area contributed by atoms with Crippen LogP contribution in [-0.4, -0.2) is 20.4 Å². The first-order valence-electron chi connectivity index (χ1n) is 6.18. The molecule has 0 aliphatic carbocycles. The average Bonchev–Trinajstić information content (AvgIpc) is 2.94. The van der Waals surface area contributed by atoms with E-state index in [9.17, 15) is 14.6 Å².